The number of likely N-dealkylation sites (tertiary alicyclic amines) is 1. The van der Waals surface area contributed by atoms with E-state index >= 15 is 0 Å². The van der Waals surface area contributed by atoms with Gasteiger partial charge in [0.2, 0.25) is 5.91 Å². The largest absolute Gasteiger partial charge is 0.388 e. The van der Waals surface area contributed by atoms with Crippen LogP contribution in [0.2, 0.25) is 0 Å². The van der Waals surface area contributed by atoms with Gasteiger partial charge in [0.15, 0.2) is 0 Å². The predicted octanol–water partition coefficient (Wildman–Crippen LogP) is 3.96. The molecule has 0 spiro atoms. The highest BCUT2D eigenvalue weighted by Crippen LogP contribution is 2.39. The summed E-state index contributed by atoms with van der Waals surface area (Å²) in [5.41, 5.74) is -1.06. The number of carbonyl (C=O) groups excluding carboxylic acids is 2. The lowest BCUT2D eigenvalue weighted by Gasteiger charge is -2.49. The molecule has 1 aromatic heterocycles. The van der Waals surface area contributed by atoms with Crippen molar-refractivity contribution in [3.05, 3.63) is 22.4 Å². The summed E-state index contributed by atoms with van der Waals surface area (Å²) >= 11 is 1.58. The Kier molecular flexibility index (Phi) is 6.68. The number of hydrogen-bond donors (Lipinski definition) is 3. The van der Waals surface area contributed by atoms with Gasteiger partial charge >= 0.3 is 6.03 Å². The monoisotopic (exact) mass is 433 g/mol. The third-order valence-corrected chi connectivity index (χ3v) is 8.18. The molecule has 1 aromatic rings. The molecule has 1 saturated heterocycles. The van der Waals surface area contributed by atoms with Gasteiger partial charge in [-0.2, -0.15) is 0 Å². The molecular formula is C23H35N3O3S. The van der Waals surface area contributed by atoms with Crippen LogP contribution in [0.3, 0.4) is 0 Å². The fraction of sp³-hybridized carbons (Fsp3) is 0.739. The molecule has 3 amide bonds. The summed E-state index contributed by atoms with van der Waals surface area (Å²) in [4.78, 5) is 29.1. The molecule has 7 heteroatoms. The van der Waals surface area contributed by atoms with Crippen molar-refractivity contribution >= 4 is 23.3 Å². The van der Waals surface area contributed by atoms with Crippen molar-refractivity contribution in [2.45, 2.75) is 94.9 Å². The number of nitrogens with one attached hydrogen (secondary N) is 2. The minimum absolute atomic E-state index is 0.0221. The Labute approximate surface area is 183 Å². The zero-order valence-electron chi connectivity index (χ0n) is 17.9. The normalized spacial score (nSPS) is 30.9. The Bertz CT molecular complexity index is 724. The van der Waals surface area contributed by atoms with Gasteiger partial charge in [0.1, 0.15) is 0 Å². The van der Waals surface area contributed by atoms with Crippen LogP contribution >= 0.6 is 11.3 Å². The van der Waals surface area contributed by atoms with Crippen LogP contribution in [-0.4, -0.2) is 46.2 Å². The van der Waals surface area contributed by atoms with Gasteiger partial charge in [-0.3, -0.25) is 4.79 Å². The number of urea groups is 1. The molecular weight excluding hydrogens is 398 g/mol. The van der Waals surface area contributed by atoms with E-state index in [9.17, 15) is 14.7 Å². The summed E-state index contributed by atoms with van der Waals surface area (Å²) in [6, 6.07) is 3.25. The standard InChI is InChI=1S/C23H35N3O3S/c1-23(29)13-14-26(22(28)24-17-10-3-2-4-11-17)19(18-12-7-15-30-18)20(23)25-21(27)16-8-5-6-9-16/h7,12,15-17,19-20,29H,2-6,8-11,13-14H2,1H3,(H,24,28)(H,25,27)/t19-,20-,23+/m0/s1. The third-order valence-electron chi connectivity index (χ3n) is 7.23. The second-order valence-corrected chi connectivity index (χ2v) is 10.5. The molecule has 3 N–H and O–H groups in total. The van der Waals surface area contributed by atoms with E-state index in [0.29, 0.717) is 13.0 Å². The van der Waals surface area contributed by atoms with Gasteiger partial charge in [-0.05, 0) is 50.5 Å². The Hall–Kier alpha value is -1.60. The van der Waals surface area contributed by atoms with Gasteiger partial charge < -0.3 is 20.6 Å². The van der Waals surface area contributed by atoms with Crippen molar-refractivity contribution in [1.82, 2.24) is 15.5 Å². The van der Waals surface area contributed by atoms with E-state index in [4.69, 9.17) is 0 Å². The Morgan fingerprint density at radius 2 is 1.80 bits per heavy atom. The highest BCUT2D eigenvalue weighted by Gasteiger charge is 2.48. The van der Waals surface area contributed by atoms with E-state index in [1.54, 1.807) is 18.3 Å². The van der Waals surface area contributed by atoms with Gasteiger partial charge in [0.25, 0.3) is 0 Å². The first-order chi connectivity index (χ1) is 14.5. The zero-order chi connectivity index (χ0) is 21.1. The topological polar surface area (TPSA) is 81.7 Å². The van der Waals surface area contributed by atoms with Crippen LogP contribution in [0.25, 0.3) is 0 Å². The summed E-state index contributed by atoms with van der Waals surface area (Å²) in [6.45, 7) is 2.27. The number of piperidine rings is 1. The molecule has 0 unspecified atom stereocenters. The lowest BCUT2D eigenvalue weighted by molar-refractivity contribution is -0.131. The molecule has 2 heterocycles. The molecule has 6 nitrogen and oxygen atoms in total. The number of carbonyl (C=O) groups is 2. The van der Waals surface area contributed by atoms with Crippen molar-refractivity contribution in [2.75, 3.05) is 6.54 Å². The number of hydrogen-bond acceptors (Lipinski definition) is 4. The zero-order valence-corrected chi connectivity index (χ0v) is 18.8. The maximum absolute atomic E-state index is 13.3. The van der Waals surface area contributed by atoms with Crippen molar-refractivity contribution in [3.63, 3.8) is 0 Å². The fourth-order valence-corrected chi connectivity index (χ4v) is 6.24. The first-order valence-electron chi connectivity index (χ1n) is 11.6. The highest BCUT2D eigenvalue weighted by atomic mass is 32.1. The molecule has 0 bridgehead atoms. The van der Waals surface area contributed by atoms with E-state index in [0.717, 1.165) is 56.2 Å². The maximum atomic E-state index is 13.3. The lowest BCUT2D eigenvalue weighted by Crippen LogP contribution is -2.65. The SMILES string of the molecule is C[C@@]1(O)CCN(C(=O)NC2CCCCC2)[C@@H](c2cccs2)[C@@H]1NC(=O)C1CCCC1. The minimum Gasteiger partial charge on any atom is -0.388 e. The second kappa shape index (κ2) is 9.27. The summed E-state index contributed by atoms with van der Waals surface area (Å²) in [7, 11) is 0. The summed E-state index contributed by atoms with van der Waals surface area (Å²) in [5, 5.41) is 19.6. The van der Waals surface area contributed by atoms with Crippen molar-refractivity contribution < 1.29 is 14.7 Å². The molecule has 3 fully saturated rings. The Morgan fingerprint density at radius 3 is 2.47 bits per heavy atom. The van der Waals surface area contributed by atoms with E-state index in [-0.39, 0.29) is 29.9 Å². The van der Waals surface area contributed by atoms with Crippen LogP contribution in [-0.2, 0) is 4.79 Å². The Balaban J connectivity index is 1.56. The molecule has 3 atom stereocenters. The van der Waals surface area contributed by atoms with Crippen LogP contribution in [0.5, 0.6) is 0 Å². The number of aliphatic hydroxyl groups is 1. The van der Waals surface area contributed by atoms with Crippen molar-refractivity contribution in [3.8, 4) is 0 Å². The van der Waals surface area contributed by atoms with Crippen LogP contribution in [0.15, 0.2) is 17.5 Å². The first kappa shape index (κ1) is 21.6. The molecule has 2 aliphatic carbocycles. The second-order valence-electron chi connectivity index (χ2n) is 9.51. The number of nitrogens with zero attached hydrogens (tertiary/aromatic N) is 1. The number of amides is 3. The summed E-state index contributed by atoms with van der Waals surface area (Å²) < 4.78 is 0. The molecule has 2 saturated carbocycles. The smallest absolute Gasteiger partial charge is 0.318 e. The summed E-state index contributed by atoms with van der Waals surface area (Å²) in [5.74, 6) is 0.0464. The van der Waals surface area contributed by atoms with Crippen molar-refractivity contribution in [2.24, 2.45) is 5.92 Å². The predicted molar refractivity (Wildman–Crippen MR) is 118 cm³/mol. The minimum atomic E-state index is -1.06. The number of thiophene rings is 1. The van der Waals surface area contributed by atoms with Gasteiger partial charge in [-0.15, -0.1) is 11.3 Å². The van der Waals surface area contributed by atoms with Crippen LogP contribution in [0.1, 0.15) is 82.1 Å². The van der Waals surface area contributed by atoms with Crippen LogP contribution in [0.4, 0.5) is 4.79 Å². The molecule has 4 rings (SSSR count). The maximum Gasteiger partial charge on any atom is 0.318 e. The van der Waals surface area contributed by atoms with Gasteiger partial charge in [-0.25, -0.2) is 4.79 Å². The van der Waals surface area contributed by atoms with E-state index in [2.05, 4.69) is 10.6 Å². The molecule has 30 heavy (non-hydrogen) atoms. The van der Waals surface area contributed by atoms with E-state index in [1.807, 2.05) is 22.4 Å². The molecule has 166 valence electrons. The summed E-state index contributed by atoms with van der Waals surface area (Å²) in [6.07, 6.45) is 10.1. The Morgan fingerprint density at radius 1 is 1.10 bits per heavy atom. The lowest BCUT2D eigenvalue weighted by atomic mass is 9.81. The molecule has 0 radical (unpaired) electrons. The molecule has 0 aromatic carbocycles. The molecule has 3 aliphatic rings. The molecule has 1 aliphatic heterocycles. The van der Waals surface area contributed by atoms with Crippen molar-refractivity contribution in [1.29, 1.82) is 0 Å². The highest BCUT2D eigenvalue weighted by molar-refractivity contribution is 7.10. The number of rotatable bonds is 4. The third kappa shape index (κ3) is 4.67. The van der Waals surface area contributed by atoms with Gasteiger partial charge in [0, 0.05) is 23.4 Å². The van der Waals surface area contributed by atoms with Gasteiger partial charge in [0.05, 0.1) is 17.7 Å². The van der Waals surface area contributed by atoms with E-state index in [1.165, 1.54) is 6.42 Å². The van der Waals surface area contributed by atoms with E-state index < -0.39 is 11.6 Å². The average molecular weight is 434 g/mol. The fourth-order valence-electron chi connectivity index (χ4n) is 5.36. The first-order valence-corrected chi connectivity index (χ1v) is 12.5. The van der Waals surface area contributed by atoms with Gasteiger partial charge in [-0.1, -0.05) is 38.2 Å². The van der Waals surface area contributed by atoms with Crippen LogP contribution < -0.4 is 10.6 Å². The van der Waals surface area contributed by atoms with Crippen LogP contribution in [0, 0.1) is 5.92 Å². The quantitative estimate of drug-likeness (QED) is 0.672. The average Bonchev–Trinajstić information content (AvgIpc) is 3.44.